The second kappa shape index (κ2) is 4.45. The van der Waals surface area contributed by atoms with Crippen molar-refractivity contribution in [3.05, 3.63) is 47.1 Å². The number of amides is 1. The summed E-state index contributed by atoms with van der Waals surface area (Å²) in [6.07, 6.45) is 3.01. The van der Waals surface area contributed by atoms with Crippen molar-refractivity contribution in [3.63, 3.8) is 0 Å². The first-order valence-corrected chi connectivity index (χ1v) is 5.66. The Labute approximate surface area is 106 Å². The van der Waals surface area contributed by atoms with Crippen LogP contribution in [0.2, 0.25) is 0 Å². The molecule has 1 aromatic carbocycles. The van der Waals surface area contributed by atoms with Crippen LogP contribution < -0.4 is 15.6 Å². The minimum atomic E-state index is -0.526. The molecule has 0 fully saturated rings. The van der Waals surface area contributed by atoms with Crippen LogP contribution in [-0.4, -0.2) is 16.2 Å². The number of hydrogen-bond acceptors (Lipinski definition) is 3. The molecule has 1 amide bonds. The maximum atomic E-state index is 11.8. The molecule has 0 atom stereocenters. The van der Waals surface area contributed by atoms with Crippen molar-refractivity contribution in [3.8, 4) is 0 Å². The lowest BCUT2D eigenvalue weighted by Crippen LogP contribution is -2.41. The molecule has 0 radical (unpaired) electrons. The number of fused-ring (bicyclic) bond motifs is 1. The lowest BCUT2D eigenvalue weighted by atomic mass is 10.2. The van der Waals surface area contributed by atoms with Crippen molar-refractivity contribution in [1.29, 1.82) is 0 Å². The van der Waals surface area contributed by atoms with E-state index in [2.05, 4.69) is 20.1 Å². The van der Waals surface area contributed by atoms with E-state index < -0.39 is 5.63 Å². The molecule has 2 heterocycles. The van der Waals surface area contributed by atoms with Crippen LogP contribution in [-0.2, 0) is 11.3 Å². The van der Waals surface area contributed by atoms with Gasteiger partial charge in [-0.05, 0) is 29.5 Å². The van der Waals surface area contributed by atoms with Gasteiger partial charge in [-0.25, -0.2) is 4.79 Å². The van der Waals surface area contributed by atoms with Crippen molar-refractivity contribution in [1.82, 2.24) is 10.3 Å². The van der Waals surface area contributed by atoms with E-state index in [4.69, 9.17) is 0 Å². The number of rotatable bonds is 3. The first-order valence-electron chi connectivity index (χ1n) is 5.66. The molecule has 0 unspecified atom stereocenters. The predicted octanol–water partition coefficient (Wildman–Crippen LogP) is 0.375. The Morgan fingerprint density at radius 1 is 1.37 bits per heavy atom. The molecule has 3 aromatic rings. The van der Waals surface area contributed by atoms with Crippen LogP contribution in [0.15, 0.2) is 46.0 Å². The molecule has 3 rings (SSSR count). The summed E-state index contributed by atoms with van der Waals surface area (Å²) in [5.41, 5.74) is 1.18. The average molecular weight is 259 g/mol. The Bertz CT molecular complexity index is 783. The Balaban J connectivity index is 1.73. The number of carbonyl (C=O) groups is 1. The third-order valence-corrected chi connectivity index (χ3v) is 2.68. The van der Waals surface area contributed by atoms with E-state index in [9.17, 15) is 9.59 Å². The molecule has 7 nitrogen and oxygen atoms in total. The second-order valence-electron chi connectivity index (χ2n) is 4.10. The van der Waals surface area contributed by atoms with Gasteiger partial charge in [0.1, 0.15) is 0 Å². The highest BCUT2D eigenvalue weighted by Gasteiger charge is 2.13. The molecular weight excluding hydrogens is 248 g/mol. The molecule has 0 saturated carbocycles. The molecule has 2 aromatic heterocycles. The van der Waals surface area contributed by atoms with Gasteiger partial charge in [0, 0.05) is 22.8 Å². The summed E-state index contributed by atoms with van der Waals surface area (Å²) >= 11 is 0. The smallest absolute Gasteiger partial charge is 0.361 e. The lowest BCUT2D eigenvalue weighted by molar-refractivity contribution is -0.750. The van der Waals surface area contributed by atoms with Crippen LogP contribution >= 0.6 is 0 Å². The van der Waals surface area contributed by atoms with E-state index in [0.717, 1.165) is 10.9 Å². The predicted molar refractivity (Wildman–Crippen MR) is 66.5 cm³/mol. The van der Waals surface area contributed by atoms with Crippen molar-refractivity contribution < 1.29 is 14.0 Å². The lowest BCUT2D eigenvalue weighted by Gasteiger charge is -2.02. The van der Waals surface area contributed by atoms with Gasteiger partial charge in [0.2, 0.25) is 0 Å². The second-order valence-corrected chi connectivity index (χ2v) is 4.10. The SMILES string of the molecule is O=C(C[n+]1cc(=O)o[nH]1)Nc1ccc2[nH]ccc2c1. The Kier molecular flexibility index (Phi) is 2.64. The van der Waals surface area contributed by atoms with Crippen LogP contribution in [0.1, 0.15) is 0 Å². The van der Waals surface area contributed by atoms with Gasteiger partial charge in [0.15, 0.2) is 0 Å². The topological polar surface area (TPSA) is 94.8 Å². The molecule has 7 heteroatoms. The fraction of sp³-hybridized carbons (Fsp3) is 0.0833. The maximum Gasteiger partial charge on any atom is 0.426 e. The fourth-order valence-electron chi connectivity index (χ4n) is 1.85. The number of nitrogens with one attached hydrogen (secondary N) is 3. The van der Waals surface area contributed by atoms with Crippen LogP contribution in [0.3, 0.4) is 0 Å². The van der Waals surface area contributed by atoms with E-state index >= 15 is 0 Å². The molecule has 0 bridgehead atoms. The van der Waals surface area contributed by atoms with E-state index in [1.165, 1.54) is 10.9 Å². The number of benzene rings is 1. The van der Waals surface area contributed by atoms with Gasteiger partial charge in [-0.1, -0.05) is 4.68 Å². The van der Waals surface area contributed by atoms with E-state index in [0.29, 0.717) is 5.69 Å². The number of aromatic nitrogens is 3. The number of carbonyl (C=O) groups excluding carboxylic acids is 1. The Hall–Kier alpha value is -2.83. The van der Waals surface area contributed by atoms with Crippen molar-refractivity contribution in [2.45, 2.75) is 6.54 Å². The number of hydrogen-bond donors (Lipinski definition) is 3. The minimum absolute atomic E-state index is 0.0170. The molecule has 0 spiro atoms. The third kappa shape index (κ3) is 2.39. The van der Waals surface area contributed by atoms with Crippen molar-refractivity contribution in [2.24, 2.45) is 0 Å². The zero-order valence-electron chi connectivity index (χ0n) is 9.84. The largest absolute Gasteiger partial charge is 0.426 e. The van der Waals surface area contributed by atoms with Crippen molar-refractivity contribution >= 4 is 22.5 Å². The number of anilines is 1. The van der Waals surface area contributed by atoms with Crippen LogP contribution in [0.25, 0.3) is 10.9 Å². The zero-order chi connectivity index (χ0) is 13.2. The molecular formula is C12H11N4O3+. The number of H-pyrrole nitrogens is 2. The summed E-state index contributed by atoms with van der Waals surface area (Å²) in [6.45, 7) is -0.0170. The molecule has 19 heavy (non-hydrogen) atoms. The van der Waals surface area contributed by atoms with E-state index in [1.54, 1.807) is 6.07 Å². The normalized spacial score (nSPS) is 10.7. The summed E-state index contributed by atoms with van der Waals surface area (Å²) in [6, 6.07) is 7.48. The van der Waals surface area contributed by atoms with Crippen LogP contribution in [0.4, 0.5) is 5.69 Å². The summed E-state index contributed by atoms with van der Waals surface area (Å²) in [7, 11) is 0. The summed E-state index contributed by atoms with van der Waals surface area (Å²) in [5.74, 6) is -0.253. The van der Waals surface area contributed by atoms with Gasteiger partial charge in [-0.15, -0.1) is 0 Å². The van der Waals surface area contributed by atoms with Gasteiger partial charge in [0.25, 0.3) is 18.6 Å². The summed E-state index contributed by atoms with van der Waals surface area (Å²) < 4.78 is 5.73. The first-order chi connectivity index (χ1) is 9.20. The van der Waals surface area contributed by atoms with Gasteiger partial charge in [-0.3, -0.25) is 9.32 Å². The Morgan fingerprint density at radius 3 is 3.05 bits per heavy atom. The van der Waals surface area contributed by atoms with Gasteiger partial charge in [0.05, 0.1) is 0 Å². The van der Waals surface area contributed by atoms with E-state index in [-0.39, 0.29) is 12.5 Å². The van der Waals surface area contributed by atoms with Crippen molar-refractivity contribution in [2.75, 3.05) is 5.32 Å². The monoisotopic (exact) mass is 259 g/mol. The highest BCUT2D eigenvalue weighted by molar-refractivity contribution is 5.93. The van der Waals surface area contributed by atoms with E-state index in [1.807, 2.05) is 24.4 Å². The quantitative estimate of drug-likeness (QED) is 0.593. The number of nitrogens with zero attached hydrogens (tertiary/aromatic N) is 1. The minimum Gasteiger partial charge on any atom is -0.361 e. The molecule has 0 saturated heterocycles. The van der Waals surface area contributed by atoms with Crippen LogP contribution in [0.5, 0.6) is 0 Å². The Morgan fingerprint density at radius 2 is 2.26 bits per heavy atom. The highest BCUT2D eigenvalue weighted by Crippen LogP contribution is 2.17. The standard InChI is InChI=1S/C12H10N4O3/c17-11(6-16-7-12(18)19-15-16)14-9-1-2-10-8(5-9)3-4-13-10/h1-5,7,15,18H,6H2/p+1. The summed E-state index contributed by atoms with van der Waals surface area (Å²) in [5, 5.41) is 6.07. The van der Waals surface area contributed by atoms with Gasteiger partial charge in [-0.2, -0.15) is 0 Å². The molecule has 96 valence electrons. The molecule has 0 aliphatic rings. The van der Waals surface area contributed by atoms with Crippen LogP contribution in [0, 0.1) is 0 Å². The third-order valence-electron chi connectivity index (χ3n) is 2.68. The maximum absolute atomic E-state index is 11.8. The summed E-state index contributed by atoms with van der Waals surface area (Å²) in [4.78, 5) is 25.6. The first kappa shape index (κ1) is 11.3. The fourth-order valence-corrected chi connectivity index (χ4v) is 1.85. The molecule has 0 aliphatic heterocycles. The number of aromatic amines is 2. The highest BCUT2D eigenvalue weighted by atomic mass is 16.5. The average Bonchev–Trinajstić information content (AvgIpc) is 2.97. The van der Waals surface area contributed by atoms with Gasteiger partial charge < -0.3 is 10.3 Å². The zero-order valence-corrected chi connectivity index (χ0v) is 9.84. The van der Waals surface area contributed by atoms with Gasteiger partial charge >= 0.3 is 5.63 Å². The molecule has 0 aliphatic carbocycles. The molecule has 3 N–H and O–H groups in total.